The molecule has 1 heterocycles. The Bertz CT molecular complexity index is 329. The fourth-order valence-electron chi connectivity index (χ4n) is 3.10. The van der Waals surface area contributed by atoms with Crippen molar-refractivity contribution in [3.05, 3.63) is 0 Å². The topological polar surface area (TPSA) is 58.4 Å². The second kappa shape index (κ2) is 5.80. The van der Waals surface area contributed by atoms with Crippen LogP contribution in [0.25, 0.3) is 0 Å². The third-order valence-corrected chi connectivity index (χ3v) is 4.82. The Morgan fingerprint density at radius 3 is 2.58 bits per heavy atom. The predicted molar refractivity (Wildman–Crippen MR) is 77.8 cm³/mol. The largest absolute Gasteiger partial charge is 0.368 e. The summed E-state index contributed by atoms with van der Waals surface area (Å²) in [5.41, 5.74) is 5.06. The number of nitrogens with zero attached hydrogens (tertiary/aromatic N) is 1. The van der Waals surface area contributed by atoms with Gasteiger partial charge < -0.3 is 16.0 Å². The summed E-state index contributed by atoms with van der Waals surface area (Å²) < 4.78 is 0. The maximum absolute atomic E-state index is 11.7. The van der Waals surface area contributed by atoms with E-state index in [1.165, 1.54) is 25.7 Å². The smallest absolute Gasteiger partial charge is 0.237 e. The fraction of sp³-hybridized carbons (Fsp3) is 0.933. The van der Waals surface area contributed by atoms with E-state index >= 15 is 0 Å². The first-order valence-corrected chi connectivity index (χ1v) is 7.72. The fourth-order valence-corrected chi connectivity index (χ4v) is 3.10. The van der Waals surface area contributed by atoms with Crippen molar-refractivity contribution in [1.82, 2.24) is 10.2 Å². The van der Waals surface area contributed by atoms with Crippen LogP contribution in [0.3, 0.4) is 0 Å². The van der Waals surface area contributed by atoms with Gasteiger partial charge in [-0.2, -0.15) is 0 Å². The molecule has 1 saturated carbocycles. The Labute approximate surface area is 117 Å². The lowest BCUT2D eigenvalue weighted by molar-refractivity contribution is -0.124. The van der Waals surface area contributed by atoms with Crippen LogP contribution in [-0.2, 0) is 4.79 Å². The first-order chi connectivity index (χ1) is 8.90. The molecular formula is C15H29N3O. The second-order valence-electron chi connectivity index (χ2n) is 6.88. The highest BCUT2D eigenvalue weighted by Crippen LogP contribution is 2.26. The molecule has 0 aromatic carbocycles. The molecule has 2 aliphatic rings. The molecular weight excluding hydrogens is 238 g/mol. The molecule has 0 aromatic rings. The van der Waals surface area contributed by atoms with Gasteiger partial charge in [0.15, 0.2) is 0 Å². The average molecular weight is 267 g/mol. The lowest BCUT2D eigenvalue weighted by atomic mass is 9.91. The zero-order valence-electron chi connectivity index (χ0n) is 12.6. The summed E-state index contributed by atoms with van der Waals surface area (Å²) >= 11 is 0. The molecule has 4 nitrogen and oxygen atoms in total. The highest BCUT2D eigenvalue weighted by atomic mass is 16.1. The summed E-state index contributed by atoms with van der Waals surface area (Å²) in [5, 5.41) is 3.43. The summed E-state index contributed by atoms with van der Waals surface area (Å²) in [7, 11) is 0. The molecule has 1 saturated heterocycles. The van der Waals surface area contributed by atoms with Crippen LogP contribution in [0.5, 0.6) is 0 Å². The lowest BCUT2D eigenvalue weighted by Gasteiger charge is -2.38. The SMILES string of the molecule is CC1CCN(CCC(C)(NC2CC2)C(N)=O)C(C)C1. The van der Waals surface area contributed by atoms with E-state index in [0.717, 1.165) is 25.4 Å². The zero-order chi connectivity index (χ0) is 14.0. The summed E-state index contributed by atoms with van der Waals surface area (Å²) in [4.78, 5) is 14.2. The first kappa shape index (κ1) is 14.8. The molecule has 1 aliphatic carbocycles. The number of nitrogens with two attached hydrogens (primary N) is 1. The van der Waals surface area contributed by atoms with E-state index in [1.54, 1.807) is 0 Å². The van der Waals surface area contributed by atoms with Crippen molar-refractivity contribution >= 4 is 5.91 Å². The number of carbonyl (C=O) groups excluding carboxylic acids is 1. The van der Waals surface area contributed by atoms with Gasteiger partial charge in [0.05, 0.1) is 5.54 Å². The Morgan fingerprint density at radius 2 is 2.05 bits per heavy atom. The van der Waals surface area contributed by atoms with Gasteiger partial charge in [-0.05, 0) is 58.4 Å². The summed E-state index contributed by atoms with van der Waals surface area (Å²) in [5.74, 6) is 0.621. The van der Waals surface area contributed by atoms with Crippen molar-refractivity contribution in [3.8, 4) is 0 Å². The maximum Gasteiger partial charge on any atom is 0.237 e. The number of nitrogens with one attached hydrogen (secondary N) is 1. The minimum atomic E-state index is -0.538. The van der Waals surface area contributed by atoms with Gasteiger partial charge in [-0.1, -0.05) is 6.92 Å². The van der Waals surface area contributed by atoms with Crippen molar-refractivity contribution in [2.75, 3.05) is 13.1 Å². The molecule has 3 unspecified atom stereocenters. The first-order valence-electron chi connectivity index (χ1n) is 7.72. The number of hydrogen-bond donors (Lipinski definition) is 2. The Kier molecular flexibility index (Phi) is 4.51. The minimum Gasteiger partial charge on any atom is -0.368 e. The number of piperidine rings is 1. The standard InChI is InChI=1S/C15H29N3O/c1-11-6-8-18(12(2)10-11)9-7-15(3,14(16)19)17-13-4-5-13/h11-13,17H,4-10H2,1-3H3,(H2,16,19). The summed E-state index contributed by atoms with van der Waals surface area (Å²) in [6.45, 7) is 8.71. The molecule has 110 valence electrons. The molecule has 0 bridgehead atoms. The van der Waals surface area contributed by atoms with Crippen LogP contribution in [0.4, 0.5) is 0 Å². The number of likely N-dealkylation sites (tertiary alicyclic amines) is 1. The molecule has 2 rings (SSSR count). The molecule has 3 N–H and O–H groups in total. The van der Waals surface area contributed by atoms with Crippen LogP contribution in [-0.4, -0.2) is 41.5 Å². The number of rotatable bonds is 6. The lowest BCUT2D eigenvalue weighted by Crippen LogP contribution is -2.56. The van der Waals surface area contributed by atoms with Crippen LogP contribution >= 0.6 is 0 Å². The van der Waals surface area contributed by atoms with Gasteiger partial charge in [0.2, 0.25) is 5.91 Å². The van der Waals surface area contributed by atoms with Crippen LogP contribution in [0.1, 0.15) is 52.9 Å². The molecule has 19 heavy (non-hydrogen) atoms. The zero-order valence-corrected chi connectivity index (χ0v) is 12.6. The Hall–Kier alpha value is -0.610. The van der Waals surface area contributed by atoms with Gasteiger partial charge in [0.1, 0.15) is 0 Å². The molecule has 3 atom stereocenters. The highest BCUT2D eigenvalue weighted by molar-refractivity contribution is 5.84. The molecule has 0 aromatic heterocycles. The van der Waals surface area contributed by atoms with Gasteiger partial charge in [-0.3, -0.25) is 4.79 Å². The van der Waals surface area contributed by atoms with Gasteiger partial charge in [-0.25, -0.2) is 0 Å². The van der Waals surface area contributed by atoms with Gasteiger partial charge in [0.25, 0.3) is 0 Å². The molecule has 2 fully saturated rings. The quantitative estimate of drug-likeness (QED) is 0.766. The van der Waals surface area contributed by atoms with E-state index in [-0.39, 0.29) is 5.91 Å². The van der Waals surface area contributed by atoms with E-state index in [0.29, 0.717) is 12.1 Å². The van der Waals surface area contributed by atoms with Crippen LogP contribution in [0, 0.1) is 5.92 Å². The average Bonchev–Trinajstić information content (AvgIpc) is 3.11. The summed E-state index contributed by atoms with van der Waals surface area (Å²) in [6, 6.07) is 1.14. The van der Waals surface area contributed by atoms with Crippen molar-refractivity contribution in [3.63, 3.8) is 0 Å². The van der Waals surface area contributed by atoms with E-state index in [2.05, 4.69) is 24.1 Å². The molecule has 0 spiro atoms. The van der Waals surface area contributed by atoms with Crippen LogP contribution in [0.15, 0.2) is 0 Å². The van der Waals surface area contributed by atoms with Gasteiger partial charge in [-0.15, -0.1) is 0 Å². The molecule has 4 heteroatoms. The third kappa shape index (κ3) is 3.93. The van der Waals surface area contributed by atoms with Crippen molar-refractivity contribution in [2.24, 2.45) is 11.7 Å². The monoisotopic (exact) mass is 267 g/mol. The third-order valence-electron chi connectivity index (χ3n) is 4.82. The van der Waals surface area contributed by atoms with E-state index < -0.39 is 5.54 Å². The maximum atomic E-state index is 11.7. The van der Waals surface area contributed by atoms with Gasteiger partial charge >= 0.3 is 0 Å². The highest BCUT2D eigenvalue weighted by Gasteiger charge is 2.37. The van der Waals surface area contributed by atoms with E-state index in [4.69, 9.17) is 5.73 Å². The Balaban J connectivity index is 1.85. The van der Waals surface area contributed by atoms with E-state index in [1.807, 2.05) is 6.92 Å². The van der Waals surface area contributed by atoms with Crippen LogP contribution in [0.2, 0.25) is 0 Å². The molecule has 0 radical (unpaired) electrons. The number of hydrogen-bond acceptors (Lipinski definition) is 3. The second-order valence-corrected chi connectivity index (χ2v) is 6.88. The van der Waals surface area contributed by atoms with E-state index in [9.17, 15) is 4.79 Å². The van der Waals surface area contributed by atoms with Crippen molar-refractivity contribution in [2.45, 2.75) is 70.5 Å². The van der Waals surface area contributed by atoms with Crippen molar-refractivity contribution < 1.29 is 4.79 Å². The number of primary amides is 1. The predicted octanol–water partition coefficient (Wildman–Crippen LogP) is 1.49. The van der Waals surface area contributed by atoms with Gasteiger partial charge in [0, 0.05) is 18.6 Å². The molecule has 1 aliphatic heterocycles. The number of amides is 1. The normalized spacial score (nSPS) is 31.9. The molecule has 1 amide bonds. The number of carbonyl (C=O) groups is 1. The Morgan fingerprint density at radius 1 is 1.37 bits per heavy atom. The van der Waals surface area contributed by atoms with Crippen LogP contribution < -0.4 is 11.1 Å². The van der Waals surface area contributed by atoms with Crippen molar-refractivity contribution in [1.29, 1.82) is 0 Å². The summed E-state index contributed by atoms with van der Waals surface area (Å²) in [6.07, 6.45) is 5.72. The minimum absolute atomic E-state index is 0.211.